The largest absolute Gasteiger partial charge is 0.483 e. The third kappa shape index (κ3) is 4.67. The lowest BCUT2D eigenvalue weighted by molar-refractivity contribution is -0.137. The summed E-state index contributed by atoms with van der Waals surface area (Å²) in [6.07, 6.45) is -0.517. The van der Waals surface area contributed by atoms with E-state index in [1.165, 1.54) is 24.5 Å². The second-order valence-corrected chi connectivity index (χ2v) is 7.46. The van der Waals surface area contributed by atoms with Crippen LogP contribution in [0.4, 0.5) is 0 Å². The van der Waals surface area contributed by atoms with Gasteiger partial charge in [-0.2, -0.15) is 0 Å². The number of rotatable bonds is 4. The van der Waals surface area contributed by atoms with Gasteiger partial charge in [0.2, 0.25) is 17.7 Å². The number of piperidine rings is 1. The van der Waals surface area contributed by atoms with Crippen LogP contribution in [0.5, 0.6) is 0 Å². The molecule has 2 aliphatic rings. The van der Waals surface area contributed by atoms with Crippen molar-refractivity contribution >= 4 is 24.2 Å². The van der Waals surface area contributed by atoms with Crippen molar-refractivity contribution in [2.75, 3.05) is 13.1 Å². The number of likely N-dealkylation sites (tertiary alicyclic amines) is 1. The van der Waals surface area contributed by atoms with Gasteiger partial charge in [-0.1, -0.05) is 6.07 Å². The Morgan fingerprint density at radius 3 is 2.47 bits per heavy atom. The van der Waals surface area contributed by atoms with E-state index < -0.39 is 30.0 Å². The van der Waals surface area contributed by atoms with E-state index in [-0.39, 0.29) is 29.8 Å². The topological polar surface area (TPSA) is 172 Å². The average molecular weight is 422 g/mol. The summed E-state index contributed by atoms with van der Waals surface area (Å²) >= 11 is 0. The molecule has 1 saturated heterocycles. The molecule has 0 unspecified atom stereocenters. The minimum atomic E-state index is -1.26. The molecule has 30 heavy (non-hydrogen) atoms. The van der Waals surface area contributed by atoms with E-state index >= 15 is 0 Å². The van der Waals surface area contributed by atoms with Crippen molar-refractivity contribution < 1.29 is 29.4 Å². The van der Waals surface area contributed by atoms with Crippen molar-refractivity contribution in [1.29, 1.82) is 0 Å². The fraction of sp³-hybridized carbons (Fsp3) is 0.526. The number of carbonyl (C=O) groups is 4. The molecule has 3 rings (SSSR count). The minimum absolute atomic E-state index is 0.0331. The molecule has 0 aromatic carbocycles. The Balaban J connectivity index is 0.00000101. The first-order valence-corrected chi connectivity index (χ1v) is 9.44. The van der Waals surface area contributed by atoms with Crippen LogP contribution in [0.2, 0.25) is 0 Å². The molecule has 11 nitrogen and oxygen atoms in total. The van der Waals surface area contributed by atoms with E-state index in [1.807, 2.05) is 0 Å². The third-order valence-corrected chi connectivity index (χ3v) is 5.45. The van der Waals surface area contributed by atoms with E-state index in [0.29, 0.717) is 25.2 Å². The van der Waals surface area contributed by atoms with Crippen LogP contribution in [0.25, 0.3) is 0 Å². The molecule has 3 heterocycles. The number of pyridine rings is 1. The van der Waals surface area contributed by atoms with Gasteiger partial charge in [0.25, 0.3) is 12.0 Å². The number of nitrogens with one attached hydrogen (secondary N) is 1. The highest BCUT2D eigenvalue weighted by Gasteiger charge is 2.45. The molecule has 0 spiro atoms. The van der Waals surface area contributed by atoms with Crippen LogP contribution in [-0.4, -0.2) is 69.1 Å². The standard InChI is InChI=1S/C18H24N4O5.CH2O2/c1-9(23)15(17(19)26)20-18(27)16-12-6-11(7-21(8-12)10(2)24)13-4-3-5-14(25)22(13)16;2-1-3/h3-5,9,11-12,15-16,23H,6-8H2,1-2H3,(H2,19,26)(H,20,27);1H,(H,2,3)/t9-,11-,12+,15+,16-;/m1./s1. The smallest absolute Gasteiger partial charge is 0.290 e. The third-order valence-electron chi connectivity index (χ3n) is 5.45. The zero-order valence-electron chi connectivity index (χ0n) is 16.7. The Bertz CT molecular complexity index is 882. The molecule has 164 valence electrons. The Hall–Kier alpha value is -3.21. The zero-order valence-corrected chi connectivity index (χ0v) is 16.7. The van der Waals surface area contributed by atoms with Crippen LogP contribution in [0, 0.1) is 5.92 Å². The summed E-state index contributed by atoms with van der Waals surface area (Å²) in [6.45, 7) is 3.43. The van der Waals surface area contributed by atoms with Gasteiger partial charge < -0.3 is 26.2 Å². The van der Waals surface area contributed by atoms with Crippen molar-refractivity contribution in [2.24, 2.45) is 11.7 Å². The number of carboxylic acid groups (broad SMARTS) is 1. The van der Waals surface area contributed by atoms with Gasteiger partial charge in [0, 0.05) is 43.6 Å². The molecule has 5 N–H and O–H groups in total. The van der Waals surface area contributed by atoms with Gasteiger partial charge in [0.05, 0.1) is 6.10 Å². The predicted molar refractivity (Wildman–Crippen MR) is 104 cm³/mol. The van der Waals surface area contributed by atoms with Crippen molar-refractivity contribution in [3.63, 3.8) is 0 Å². The molecule has 2 bridgehead atoms. The zero-order chi connectivity index (χ0) is 22.6. The number of hydrogen-bond donors (Lipinski definition) is 4. The number of aromatic nitrogens is 1. The molecule has 5 atom stereocenters. The summed E-state index contributed by atoms with van der Waals surface area (Å²) in [6, 6.07) is 2.66. The second kappa shape index (κ2) is 9.53. The average Bonchev–Trinajstić information content (AvgIpc) is 2.66. The summed E-state index contributed by atoms with van der Waals surface area (Å²) in [5.41, 5.74) is 5.65. The highest BCUT2D eigenvalue weighted by molar-refractivity contribution is 5.89. The lowest BCUT2D eigenvalue weighted by Gasteiger charge is -2.46. The summed E-state index contributed by atoms with van der Waals surface area (Å²) in [5.74, 6) is -1.82. The molecular weight excluding hydrogens is 396 g/mol. The minimum Gasteiger partial charge on any atom is -0.483 e. The molecule has 0 radical (unpaired) electrons. The van der Waals surface area contributed by atoms with Crippen LogP contribution < -0.4 is 16.6 Å². The van der Waals surface area contributed by atoms with Gasteiger partial charge in [-0.3, -0.25) is 28.5 Å². The molecule has 1 aromatic heterocycles. The maximum atomic E-state index is 13.0. The van der Waals surface area contributed by atoms with Crippen molar-refractivity contribution in [3.8, 4) is 0 Å². The van der Waals surface area contributed by atoms with Gasteiger partial charge in [-0.25, -0.2) is 0 Å². The fourth-order valence-corrected chi connectivity index (χ4v) is 4.20. The molecule has 1 aromatic rings. The normalized spacial score (nSPS) is 23.7. The molecule has 1 fully saturated rings. The Morgan fingerprint density at radius 1 is 1.30 bits per heavy atom. The Labute approximate surface area is 172 Å². The number of hydrogen-bond acceptors (Lipinski definition) is 6. The summed E-state index contributed by atoms with van der Waals surface area (Å²) in [7, 11) is 0. The quantitative estimate of drug-likeness (QED) is 0.423. The maximum absolute atomic E-state index is 13.0. The first kappa shape index (κ1) is 23.1. The first-order chi connectivity index (χ1) is 14.1. The summed E-state index contributed by atoms with van der Waals surface area (Å²) in [4.78, 5) is 59.1. The van der Waals surface area contributed by atoms with E-state index in [0.717, 1.165) is 0 Å². The summed E-state index contributed by atoms with van der Waals surface area (Å²) < 4.78 is 1.45. The SMILES string of the molecule is CC(=O)N1C[C@H]2C[C@@H](C1)[C@H](C(=O)N[C@H](C(N)=O)[C@@H](C)O)n1c2cccc1=O.O=CO. The molecule has 11 heteroatoms. The van der Waals surface area contributed by atoms with E-state index in [2.05, 4.69) is 5.32 Å². The van der Waals surface area contributed by atoms with Crippen molar-refractivity contribution in [1.82, 2.24) is 14.8 Å². The van der Waals surface area contributed by atoms with Crippen LogP contribution in [0.15, 0.2) is 23.0 Å². The van der Waals surface area contributed by atoms with Crippen LogP contribution in [0.1, 0.15) is 37.9 Å². The number of aliphatic hydroxyl groups is 1. The Morgan fingerprint density at radius 2 is 1.93 bits per heavy atom. The maximum Gasteiger partial charge on any atom is 0.290 e. The number of amides is 3. The van der Waals surface area contributed by atoms with Crippen LogP contribution >= 0.6 is 0 Å². The lowest BCUT2D eigenvalue weighted by atomic mass is 9.78. The van der Waals surface area contributed by atoms with E-state index in [1.54, 1.807) is 17.0 Å². The second-order valence-electron chi connectivity index (χ2n) is 7.46. The fourth-order valence-electron chi connectivity index (χ4n) is 4.20. The Kier molecular flexibility index (Phi) is 7.33. The molecular formula is C19H26N4O7. The van der Waals surface area contributed by atoms with Crippen molar-refractivity contribution in [2.45, 2.75) is 44.4 Å². The van der Waals surface area contributed by atoms with E-state index in [9.17, 15) is 24.3 Å². The predicted octanol–water partition coefficient (Wildman–Crippen LogP) is -1.59. The highest BCUT2D eigenvalue weighted by Crippen LogP contribution is 2.41. The van der Waals surface area contributed by atoms with Gasteiger partial charge in [0.1, 0.15) is 12.1 Å². The van der Waals surface area contributed by atoms with Gasteiger partial charge in [-0.15, -0.1) is 0 Å². The number of nitrogens with two attached hydrogens (primary N) is 1. The van der Waals surface area contributed by atoms with Gasteiger partial charge >= 0.3 is 0 Å². The number of aliphatic hydroxyl groups excluding tert-OH is 1. The molecule has 3 amide bonds. The van der Waals surface area contributed by atoms with Gasteiger partial charge in [0.15, 0.2) is 0 Å². The number of primary amides is 1. The molecule has 0 aliphatic carbocycles. The van der Waals surface area contributed by atoms with E-state index in [4.69, 9.17) is 15.6 Å². The summed E-state index contributed by atoms with van der Waals surface area (Å²) in [5, 5.41) is 19.1. The first-order valence-electron chi connectivity index (χ1n) is 9.44. The van der Waals surface area contributed by atoms with Crippen LogP contribution in [0.3, 0.4) is 0 Å². The molecule has 0 saturated carbocycles. The number of fused-ring (bicyclic) bond motifs is 4. The highest BCUT2D eigenvalue weighted by atomic mass is 16.3. The molecule has 2 aliphatic heterocycles. The lowest BCUT2D eigenvalue weighted by Crippen LogP contribution is -2.58. The van der Waals surface area contributed by atoms with Gasteiger partial charge in [-0.05, 0) is 19.4 Å². The van der Waals surface area contributed by atoms with Crippen LogP contribution in [-0.2, 0) is 19.2 Å². The monoisotopic (exact) mass is 422 g/mol. The number of carbonyl (C=O) groups excluding carboxylic acids is 3. The van der Waals surface area contributed by atoms with Crippen molar-refractivity contribution in [3.05, 3.63) is 34.2 Å². The number of nitrogens with zero attached hydrogens (tertiary/aromatic N) is 2.